The summed E-state index contributed by atoms with van der Waals surface area (Å²) in [7, 11) is 0. The first-order valence-corrected chi connectivity index (χ1v) is 6.15. The number of hydrogen-bond donors (Lipinski definition) is 1. The van der Waals surface area contributed by atoms with Crippen molar-refractivity contribution < 1.29 is 0 Å². The van der Waals surface area contributed by atoms with Crippen molar-refractivity contribution in [2.45, 2.75) is 32.7 Å². The minimum atomic E-state index is 0.329. The maximum atomic E-state index is 6.21. The molecule has 0 bridgehead atoms. The molecule has 88 valence electrons. The van der Waals surface area contributed by atoms with Crippen molar-refractivity contribution in [2.24, 2.45) is 0 Å². The van der Waals surface area contributed by atoms with Crippen LogP contribution < -0.4 is 5.32 Å². The Kier molecular flexibility index (Phi) is 5.58. The average Bonchev–Trinajstić information content (AvgIpc) is 2.25. The van der Waals surface area contributed by atoms with Crippen molar-refractivity contribution in [1.29, 1.82) is 0 Å². The van der Waals surface area contributed by atoms with E-state index in [1.807, 2.05) is 18.2 Å². The molecule has 0 fully saturated rings. The number of rotatable bonds is 6. The van der Waals surface area contributed by atoms with Crippen molar-refractivity contribution >= 4 is 11.6 Å². The van der Waals surface area contributed by atoms with Crippen LogP contribution in [0.1, 0.15) is 38.3 Å². The fourth-order valence-corrected chi connectivity index (χ4v) is 2.03. The topological polar surface area (TPSA) is 12.0 Å². The SMILES string of the molecule is C=C(C)CCC(NCC)c1ccccc1Cl. The molecule has 0 aliphatic rings. The molecule has 1 rings (SSSR count). The maximum Gasteiger partial charge on any atom is 0.0453 e. The van der Waals surface area contributed by atoms with Gasteiger partial charge in [-0.1, -0.05) is 42.3 Å². The lowest BCUT2D eigenvalue weighted by atomic mass is 10.00. The molecule has 1 nitrogen and oxygen atoms in total. The molecule has 0 heterocycles. The van der Waals surface area contributed by atoms with Gasteiger partial charge in [0.25, 0.3) is 0 Å². The predicted octanol–water partition coefficient (Wildman–Crippen LogP) is 4.35. The number of hydrogen-bond acceptors (Lipinski definition) is 1. The number of nitrogens with one attached hydrogen (secondary N) is 1. The molecule has 16 heavy (non-hydrogen) atoms. The largest absolute Gasteiger partial charge is 0.310 e. The van der Waals surface area contributed by atoms with E-state index in [0.29, 0.717) is 6.04 Å². The van der Waals surface area contributed by atoms with Crippen molar-refractivity contribution in [3.63, 3.8) is 0 Å². The molecule has 0 aliphatic carbocycles. The van der Waals surface area contributed by atoms with Crippen molar-refractivity contribution in [3.05, 3.63) is 47.0 Å². The van der Waals surface area contributed by atoms with E-state index < -0.39 is 0 Å². The van der Waals surface area contributed by atoms with Gasteiger partial charge in [-0.25, -0.2) is 0 Å². The van der Waals surface area contributed by atoms with E-state index in [4.69, 9.17) is 11.6 Å². The number of halogens is 1. The van der Waals surface area contributed by atoms with E-state index in [-0.39, 0.29) is 0 Å². The molecule has 1 atom stereocenters. The third kappa shape index (κ3) is 3.99. The molecule has 0 spiro atoms. The quantitative estimate of drug-likeness (QED) is 0.726. The highest BCUT2D eigenvalue weighted by Crippen LogP contribution is 2.26. The van der Waals surface area contributed by atoms with Crippen LogP contribution >= 0.6 is 11.6 Å². The summed E-state index contributed by atoms with van der Waals surface area (Å²) in [5.74, 6) is 0. The van der Waals surface area contributed by atoms with Crippen LogP contribution in [-0.2, 0) is 0 Å². The molecule has 0 amide bonds. The predicted molar refractivity (Wildman–Crippen MR) is 71.9 cm³/mol. The molecule has 0 saturated heterocycles. The summed E-state index contributed by atoms with van der Waals surface area (Å²) < 4.78 is 0. The lowest BCUT2D eigenvalue weighted by Crippen LogP contribution is -2.21. The zero-order valence-corrected chi connectivity index (χ0v) is 10.8. The molecular weight excluding hydrogens is 218 g/mol. The molecular formula is C14H20ClN. The summed E-state index contributed by atoms with van der Waals surface area (Å²) >= 11 is 6.21. The van der Waals surface area contributed by atoms with Crippen LogP contribution in [0.4, 0.5) is 0 Å². The fourth-order valence-electron chi connectivity index (χ4n) is 1.76. The molecule has 0 saturated carbocycles. The Bertz CT molecular complexity index is 346. The summed E-state index contributed by atoms with van der Waals surface area (Å²) in [5.41, 5.74) is 2.40. The summed E-state index contributed by atoms with van der Waals surface area (Å²) in [6.45, 7) is 9.07. The summed E-state index contributed by atoms with van der Waals surface area (Å²) in [4.78, 5) is 0. The highest BCUT2D eigenvalue weighted by atomic mass is 35.5. The first-order valence-electron chi connectivity index (χ1n) is 5.77. The molecule has 0 radical (unpaired) electrons. The van der Waals surface area contributed by atoms with Crippen LogP contribution in [0.5, 0.6) is 0 Å². The van der Waals surface area contributed by atoms with Crippen LogP contribution in [0.3, 0.4) is 0 Å². The first-order chi connectivity index (χ1) is 7.65. The lowest BCUT2D eigenvalue weighted by Gasteiger charge is -2.19. The maximum absolute atomic E-state index is 6.21. The van der Waals surface area contributed by atoms with Gasteiger partial charge in [0.1, 0.15) is 0 Å². The van der Waals surface area contributed by atoms with E-state index in [2.05, 4.69) is 31.8 Å². The molecule has 2 heteroatoms. The van der Waals surface area contributed by atoms with Crippen LogP contribution in [-0.4, -0.2) is 6.54 Å². The van der Waals surface area contributed by atoms with Gasteiger partial charge >= 0.3 is 0 Å². The fraction of sp³-hybridized carbons (Fsp3) is 0.429. The van der Waals surface area contributed by atoms with Gasteiger partial charge in [-0.2, -0.15) is 0 Å². The molecule has 0 aromatic heterocycles. The van der Waals surface area contributed by atoms with Gasteiger partial charge in [0.2, 0.25) is 0 Å². The van der Waals surface area contributed by atoms with Gasteiger partial charge in [0.05, 0.1) is 0 Å². The van der Waals surface area contributed by atoms with Gasteiger partial charge in [0.15, 0.2) is 0 Å². The highest BCUT2D eigenvalue weighted by molar-refractivity contribution is 6.31. The van der Waals surface area contributed by atoms with Gasteiger partial charge in [0, 0.05) is 11.1 Å². The summed E-state index contributed by atoms with van der Waals surface area (Å²) in [5, 5.41) is 4.31. The number of allylic oxidation sites excluding steroid dienone is 1. The zero-order valence-electron chi connectivity index (χ0n) is 10.1. The van der Waals surface area contributed by atoms with E-state index in [1.165, 1.54) is 11.1 Å². The second kappa shape index (κ2) is 6.72. The van der Waals surface area contributed by atoms with Gasteiger partial charge < -0.3 is 5.32 Å². The van der Waals surface area contributed by atoms with E-state index in [0.717, 1.165) is 24.4 Å². The molecule has 1 unspecified atom stereocenters. The van der Waals surface area contributed by atoms with Gasteiger partial charge in [-0.05, 0) is 37.9 Å². The lowest BCUT2D eigenvalue weighted by molar-refractivity contribution is 0.515. The Balaban J connectivity index is 2.76. The summed E-state index contributed by atoms with van der Waals surface area (Å²) in [6, 6.07) is 8.37. The standard InChI is InChI=1S/C14H20ClN/c1-4-16-14(10-9-11(2)3)12-7-5-6-8-13(12)15/h5-8,14,16H,2,4,9-10H2,1,3H3. The minimum Gasteiger partial charge on any atom is -0.310 e. The van der Waals surface area contributed by atoms with Crippen LogP contribution in [0.15, 0.2) is 36.4 Å². The van der Waals surface area contributed by atoms with Crippen molar-refractivity contribution in [1.82, 2.24) is 5.32 Å². The third-order valence-electron chi connectivity index (χ3n) is 2.59. The third-order valence-corrected chi connectivity index (χ3v) is 2.94. The monoisotopic (exact) mass is 237 g/mol. The summed E-state index contributed by atoms with van der Waals surface area (Å²) in [6.07, 6.45) is 2.08. The van der Waals surface area contributed by atoms with Crippen molar-refractivity contribution in [3.8, 4) is 0 Å². The Morgan fingerprint density at radius 2 is 2.12 bits per heavy atom. The molecule has 1 aromatic carbocycles. The smallest absolute Gasteiger partial charge is 0.0453 e. The number of benzene rings is 1. The molecule has 1 aromatic rings. The average molecular weight is 238 g/mol. The molecule has 1 N–H and O–H groups in total. The van der Waals surface area contributed by atoms with E-state index in [1.54, 1.807) is 0 Å². The van der Waals surface area contributed by atoms with Crippen molar-refractivity contribution in [2.75, 3.05) is 6.54 Å². The van der Waals surface area contributed by atoms with Gasteiger partial charge in [-0.3, -0.25) is 0 Å². The second-order valence-electron chi connectivity index (χ2n) is 4.13. The Morgan fingerprint density at radius 1 is 1.44 bits per heavy atom. The first kappa shape index (κ1) is 13.3. The normalized spacial score (nSPS) is 12.4. The highest BCUT2D eigenvalue weighted by Gasteiger charge is 2.12. The Morgan fingerprint density at radius 3 is 2.69 bits per heavy atom. The van der Waals surface area contributed by atoms with Gasteiger partial charge in [-0.15, -0.1) is 6.58 Å². The van der Waals surface area contributed by atoms with Crippen LogP contribution in [0.25, 0.3) is 0 Å². The molecule has 0 aliphatic heterocycles. The zero-order chi connectivity index (χ0) is 12.0. The van der Waals surface area contributed by atoms with E-state index in [9.17, 15) is 0 Å². The Hall–Kier alpha value is -0.790. The van der Waals surface area contributed by atoms with Crippen LogP contribution in [0.2, 0.25) is 5.02 Å². The minimum absolute atomic E-state index is 0.329. The second-order valence-corrected chi connectivity index (χ2v) is 4.53. The Labute approximate surface area is 104 Å². The van der Waals surface area contributed by atoms with Crippen LogP contribution in [0, 0.1) is 0 Å². The van der Waals surface area contributed by atoms with E-state index >= 15 is 0 Å².